The molecule has 0 bridgehead atoms. The summed E-state index contributed by atoms with van der Waals surface area (Å²) in [5, 5.41) is 0. The molecule has 3 rings (SSSR count). The van der Waals surface area contributed by atoms with E-state index in [-0.39, 0.29) is 17.1 Å². The van der Waals surface area contributed by atoms with Crippen molar-refractivity contribution < 1.29 is 19.1 Å². The Labute approximate surface area is 128 Å². The Kier molecular flexibility index (Phi) is 3.51. The SMILES string of the molecule is COc1ccc(OC)c(C=C2C(=O)c3ccccc3C2=O)c1. The Morgan fingerprint density at radius 3 is 2.05 bits per heavy atom. The largest absolute Gasteiger partial charge is 0.497 e. The highest BCUT2D eigenvalue weighted by Gasteiger charge is 2.32. The summed E-state index contributed by atoms with van der Waals surface area (Å²) >= 11 is 0. The lowest BCUT2D eigenvalue weighted by molar-refractivity contribution is 0.0990. The van der Waals surface area contributed by atoms with Crippen molar-refractivity contribution in [2.45, 2.75) is 0 Å². The normalized spacial score (nSPS) is 13.1. The Hall–Kier alpha value is -2.88. The van der Waals surface area contributed by atoms with Gasteiger partial charge in [0.1, 0.15) is 11.5 Å². The second-order valence-electron chi connectivity index (χ2n) is 4.87. The van der Waals surface area contributed by atoms with Gasteiger partial charge in [0.05, 0.1) is 19.8 Å². The quantitative estimate of drug-likeness (QED) is 0.644. The molecule has 0 heterocycles. The van der Waals surface area contributed by atoms with Crippen LogP contribution in [0.5, 0.6) is 11.5 Å². The number of fused-ring (bicyclic) bond motifs is 1. The number of ketones is 2. The summed E-state index contributed by atoms with van der Waals surface area (Å²) in [6.45, 7) is 0. The number of methoxy groups -OCH3 is 2. The fourth-order valence-corrected chi connectivity index (χ4v) is 2.51. The van der Waals surface area contributed by atoms with Gasteiger partial charge in [-0.3, -0.25) is 9.59 Å². The van der Waals surface area contributed by atoms with Gasteiger partial charge in [-0.1, -0.05) is 24.3 Å². The smallest absolute Gasteiger partial charge is 0.197 e. The van der Waals surface area contributed by atoms with Crippen LogP contribution in [-0.2, 0) is 0 Å². The zero-order valence-corrected chi connectivity index (χ0v) is 12.3. The summed E-state index contributed by atoms with van der Waals surface area (Å²) in [5.41, 5.74) is 1.67. The van der Waals surface area contributed by atoms with Gasteiger partial charge in [0.25, 0.3) is 0 Å². The van der Waals surface area contributed by atoms with Crippen LogP contribution in [-0.4, -0.2) is 25.8 Å². The van der Waals surface area contributed by atoms with Gasteiger partial charge in [-0.15, -0.1) is 0 Å². The Morgan fingerprint density at radius 2 is 1.50 bits per heavy atom. The van der Waals surface area contributed by atoms with E-state index in [9.17, 15) is 9.59 Å². The molecule has 4 nitrogen and oxygen atoms in total. The minimum atomic E-state index is -0.259. The molecule has 4 heteroatoms. The third-order valence-corrected chi connectivity index (χ3v) is 3.64. The van der Waals surface area contributed by atoms with Gasteiger partial charge in [0.15, 0.2) is 11.6 Å². The molecule has 0 saturated carbocycles. The molecule has 2 aromatic carbocycles. The van der Waals surface area contributed by atoms with Gasteiger partial charge >= 0.3 is 0 Å². The summed E-state index contributed by atoms with van der Waals surface area (Å²) in [7, 11) is 3.09. The first kappa shape index (κ1) is 14.1. The Morgan fingerprint density at radius 1 is 0.864 bits per heavy atom. The molecule has 0 amide bonds. The molecule has 0 aromatic heterocycles. The van der Waals surface area contributed by atoms with Crippen LogP contribution in [0.4, 0.5) is 0 Å². The monoisotopic (exact) mass is 294 g/mol. The van der Waals surface area contributed by atoms with Crippen LogP contribution in [0.25, 0.3) is 6.08 Å². The van der Waals surface area contributed by atoms with Crippen LogP contribution in [0.3, 0.4) is 0 Å². The number of carbonyl (C=O) groups is 2. The summed E-state index contributed by atoms with van der Waals surface area (Å²) in [6.07, 6.45) is 1.56. The first-order valence-corrected chi connectivity index (χ1v) is 6.78. The standard InChI is InChI=1S/C18H14O4/c1-21-12-7-8-16(22-2)11(9-12)10-15-17(19)13-5-3-4-6-14(13)18(15)20/h3-10H,1-2H3. The molecule has 110 valence electrons. The second kappa shape index (κ2) is 5.48. The van der Waals surface area contributed by atoms with Gasteiger partial charge in [-0.25, -0.2) is 0 Å². The van der Waals surface area contributed by atoms with Crippen LogP contribution in [0.1, 0.15) is 26.3 Å². The average Bonchev–Trinajstić information content (AvgIpc) is 2.80. The van der Waals surface area contributed by atoms with Crippen molar-refractivity contribution in [2.75, 3.05) is 14.2 Å². The lowest BCUT2D eigenvalue weighted by Gasteiger charge is -2.07. The van der Waals surface area contributed by atoms with E-state index in [0.717, 1.165) is 0 Å². The zero-order valence-electron chi connectivity index (χ0n) is 12.3. The molecule has 0 saturated heterocycles. The van der Waals surface area contributed by atoms with Crippen molar-refractivity contribution in [1.29, 1.82) is 0 Å². The molecule has 0 aliphatic heterocycles. The second-order valence-corrected chi connectivity index (χ2v) is 4.87. The number of ether oxygens (including phenoxy) is 2. The molecular formula is C18H14O4. The van der Waals surface area contributed by atoms with Crippen molar-refractivity contribution in [1.82, 2.24) is 0 Å². The van der Waals surface area contributed by atoms with E-state index >= 15 is 0 Å². The Bertz CT molecular complexity index is 765. The summed E-state index contributed by atoms with van der Waals surface area (Å²) in [6, 6.07) is 12.1. The minimum absolute atomic E-state index is 0.146. The maximum atomic E-state index is 12.4. The molecule has 1 aliphatic carbocycles. The zero-order chi connectivity index (χ0) is 15.7. The van der Waals surface area contributed by atoms with Crippen molar-refractivity contribution in [3.8, 4) is 11.5 Å². The van der Waals surface area contributed by atoms with Crippen LogP contribution in [0.2, 0.25) is 0 Å². The number of benzene rings is 2. The van der Waals surface area contributed by atoms with E-state index in [0.29, 0.717) is 28.2 Å². The van der Waals surface area contributed by atoms with E-state index in [4.69, 9.17) is 9.47 Å². The molecule has 0 radical (unpaired) electrons. The van der Waals surface area contributed by atoms with Crippen molar-refractivity contribution in [3.63, 3.8) is 0 Å². The molecule has 1 aliphatic rings. The van der Waals surface area contributed by atoms with E-state index in [1.165, 1.54) is 7.11 Å². The number of allylic oxidation sites excluding steroid dienone is 1. The van der Waals surface area contributed by atoms with Crippen LogP contribution in [0.15, 0.2) is 48.0 Å². The van der Waals surface area contributed by atoms with E-state index in [1.807, 2.05) is 0 Å². The summed E-state index contributed by atoms with van der Waals surface area (Å²) < 4.78 is 10.5. The number of hydrogen-bond donors (Lipinski definition) is 0. The minimum Gasteiger partial charge on any atom is -0.497 e. The van der Waals surface area contributed by atoms with Gasteiger partial charge in [-0.2, -0.15) is 0 Å². The highest BCUT2D eigenvalue weighted by molar-refractivity contribution is 6.41. The number of hydrogen-bond acceptors (Lipinski definition) is 4. The summed E-state index contributed by atoms with van der Waals surface area (Å²) in [4.78, 5) is 24.8. The number of Topliss-reactive ketones (excluding diaryl/α,β-unsaturated/α-hetero) is 2. The lowest BCUT2D eigenvalue weighted by atomic mass is 10.1. The average molecular weight is 294 g/mol. The van der Waals surface area contributed by atoms with E-state index in [2.05, 4.69) is 0 Å². The molecule has 0 unspecified atom stereocenters. The fourth-order valence-electron chi connectivity index (χ4n) is 2.51. The van der Waals surface area contributed by atoms with Gasteiger partial charge < -0.3 is 9.47 Å². The summed E-state index contributed by atoms with van der Waals surface area (Å²) in [5.74, 6) is 0.684. The highest BCUT2D eigenvalue weighted by atomic mass is 16.5. The van der Waals surface area contributed by atoms with E-state index < -0.39 is 0 Å². The first-order chi connectivity index (χ1) is 10.7. The predicted octanol–water partition coefficient (Wildman–Crippen LogP) is 3.17. The van der Waals surface area contributed by atoms with Crippen molar-refractivity contribution >= 4 is 17.6 Å². The lowest BCUT2D eigenvalue weighted by Crippen LogP contribution is -2.01. The molecular weight excluding hydrogens is 280 g/mol. The van der Waals surface area contributed by atoms with Gasteiger partial charge in [0.2, 0.25) is 0 Å². The molecule has 0 N–H and O–H groups in total. The molecule has 0 spiro atoms. The van der Waals surface area contributed by atoms with Crippen molar-refractivity contribution in [3.05, 3.63) is 64.7 Å². The molecule has 0 fully saturated rings. The first-order valence-electron chi connectivity index (χ1n) is 6.78. The third kappa shape index (κ3) is 2.19. The van der Waals surface area contributed by atoms with Crippen molar-refractivity contribution in [2.24, 2.45) is 0 Å². The maximum absolute atomic E-state index is 12.4. The van der Waals surface area contributed by atoms with Crippen LogP contribution in [0, 0.1) is 0 Å². The van der Waals surface area contributed by atoms with Gasteiger partial charge in [-0.05, 0) is 24.3 Å². The van der Waals surface area contributed by atoms with Crippen LogP contribution < -0.4 is 9.47 Å². The molecule has 0 atom stereocenters. The molecule has 2 aromatic rings. The molecule has 22 heavy (non-hydrogen) atoms. The van der Waals surface area contributed by atoms with Gasteiger partial charge in [0, 0.05) is 16.7 Å². The third-order valence-electron chi connectivity index (χ3n) is 3.64. The number of carbonyl (C=O) groups excluding carboxylic acids is 2. The Balaban J connectivity index is 2.11. The number of rotatable bonds is 3. The highest BCUT2D eigenvalue weighted by Crippen LogP contribution is 2.31. The van der Waals surface area contributed by atoms with Crippen LogP contribution >= 0.6 is 0 Å². The fraction of sp³-hybridized carbons (Fsp3) is 0.111. The van der Waals surface area contributed by atoms with E-state index in [1.54, 1.807) is 55.7 Å². The predicted molar refractivity (Wildman–Crippen MR) is 82.6 cm³/mol. The maximum Gasteiger partial charge on any atom is 0.197 e. The topological polar surface area (TPSA) is 52.6 Å².